The van der Waals surface area contributed by atoms with Crippen molar-refractivity contribution in [1.82, 2.24) is 19.9 Å². The van der Waals surface area contributed by atoms with Gasteiger partial charge in [0.2, 0.25) is 0 Å². The summed E-state index contributed by atoms with van der Waals surface area (Å²) in [5.74, 6) is 1.77. The quantitative estimate of drug-likeness (QED) is 0.736. The van der Waals surface area contributed by atoms with Crippen molar-refractivity contribution in [3.8, 4) is 11.3 Å². The molecule has 1 fully saturated rings. The number of nitrogens with zero attached hydrogens (tertiary/aromatic N) is 4. The molecule has 1 atom stereocenters. The van der Waals surface area contributed by atoms with Gasteiger partial charge in [0.25, 0.3) is 5.91 Å². The van der Waals surface area contributed by atoms with Gasteiger partial charge in [-0.3, -0.25) is 9.48 Å². The van der Waals surface area contributed by atoms with E-state index in [2.05, 4.69) is 10.3 Å². The molecule has 1 aliphatic rings. The number of carbonyl (C=O) groups is 1. The van der Waals surface area contributed by atoms with E-state index >= 15 is 0 Å². The molecule has 3 aromatic rings. The Kier molecular flexibility index (Phi) is 5.25. The van der Waals surface area contributed by atoms with Crippen LogP contribution in [-0.2, 0) is 13.1 Å². The molecule has 1 aromatic carbocycles. The number of likely N-dealkylation sites (tertiary alicyclic amines) is 1. The van der Waals surface area contributed by atoms with E-state index in [0.717, 1.165) is 42.9 Å². The summed E-state index contributed by atoms with van der Waals surface area (Å²) in [6.45, 7) is 4.47. The molecule has 4 rings (SSSR count). The lowest BCUT2D eigenvalue weighted by atomic mass is 9.97. The Morgan fingerprint density at radius 1 is 1.32 bits per heavy atom. The van der Waals surface area contributed by atoms with Crippen LogP contribution in [-0.4, -0.2) is 38.9 Å². The first-order chi connectivity index (χ1) is 13.6. The van der Waals surface area contributed by atoms with Crippen LogP contribution in [0.25, 0.3) is 11.3 Å². The Hall–Kier alpha value is -2.93. The van der Waals surface area contributed by atoms with Crippen molar-refractivity contribution in [2.45, 2.75) is 32.9 Å². The molecule has 0 radical (unpaired) electrons. The Balaban J connectivity index is 1.50. The highest BCUT2D eigenvalue weighted by Gasteiger charge is 2.28. The van der Waals surface area contributed by atoms with E-state index in [4.69, 9.17) is 10.2 Å². The first-order valence-corrected chi connectivity index (χ1v) is 9.68. The Bertz CT molecular complexity index is 947. The maximum Gasteiger partial charge on any atom is 0.257 e. The van der Waals surface area contributed by atoms with Crippen LogP contribution in [0, 0.1) is 12.8 Å². The Morgan fingerprint density at radius 3 is 2.89 bits per heavy atom. The third-order valence-corrected chi connectivity index (χ3v) is 5.17. The van der Waals surface area contributed by atoms with Crippen molar-refractivity contribution < 1.29 is 9.21 Å². The van der Waals surface area contributed by atoms with Crippen molar-refractivity contribution in [3.63, 3.8) is 0 Å². The lowest BCUT2D eigenvalue weighted by Crippen LogP contribution is -2.41. The SMILES string of the molecule is Cc1cc(C(=O)N2CCCC(Cn3cc(CN)nn3)C2)c(-c2ccccc2)o1. The van der Waals surface area contributed by atoms with E-state index in [1.807, 2.05) is 59.1 Å². The van der Waals surface area contributed by atoms with Crippen LogP contribution in [0.4, 0.5) is 0 Å². The van der Waals surface area contributed by atoms with Crippen molar-refractivity contribution in [2.24, 2.45) is 11.7 Å². The number of carbonyl (C=O) groups excluding carboxylic acids is 1. The molecular formula is C21H25N5O2. The first-order valence-electron chi connectivity index (χ1n) is 9.68. The van der Waals surface area contributed by atoms with Crippen LogP contribution in [0.15, 0.2) is 47.0 Å². The summed E-state index contributed by atoms with van der Waals surface area (Å²) in [6.07, 6.45) is 3.93. The molecule has 146 valence electrons. The second kappa shape index (κ2) is 7.98. The molecule has 7 nitrogen and oxygen atoms in total. The van der Waals surface area contributed by atoms with Gasteiger partial charge in [0.1, 0.15) is 11.5 Å². The maximum atomic E-state index is 13.3. The first kappa shape index (κ1) is 18.4. The molecule has 7 heteroatoms. The largest absolute Gasteiger partial charge is 0.461 e. The monoisotopic (exact) mass is 379 g/mol. The van der Waals surface area contributed by atoms with Crippen LogP contribution >= 0.6 is 0 Å². The predicted octanol–water partition coefficient (Wildman–Crippen LogP) is 2.86. The molecule has 2 aromatic heterocycles. The highest BCUT2D eigenvalue weighted by molar-refractivity contribution is 5.99. The second-order valence-electron chi connectivity index (χ2n) is 7.36. The summed E-state index contributed by atoms with van der Waals surface area (Å²) in [6, 6.07) is 11.6. The van der Waals surface area contributed by atoms with Gasteiger partial charge in [-0.15, -0.1) is 5.10 Å². The molecule has 1 aliphatic heterocycles. The fourth-order valence-corrected chi connectivity index (χ4v) is 3.83. The molecule has 3 heterocycles. The normalized spacial score (nSPS) is 17.1. The van der Waals surface area contributed by atoms with E-state index in [1.54, 1.807) is 0 Å². The number of hydrogen-bond donors (Lipinski definition) is 1. The zero-order chi connectivity index (χ0) is 19.5. The number of benzene rings is 1. The van der Waals surface area contributed by atoms with Crippen molar-refractivity contribution in [1.29, 1.82) is 0 Å². The summed E-state index contributed by atoms with van der Waals surface area (Å²) in [7, 11) is 0. The number of hydrogen-bond acceptors (Lipinski definition) is 5. The standard InChI is InChI=1S/C21H25N5O2/c1-15-10-19(20(28-15)17-7-3-2-4-8-17)21(27)25-9-5-6-16(12-25)13-26-14-18(11-22)23-24-26/h2-4,7-8,10,14,16H,5-6,9,11-13,22H2,1H3. The van der Waals surface area contributed by atoms with Crippen molar-refractivity contribution in [2.75, 3.05) is 13.1 Å². The molecular weight excluding hydrogens is 354 g/mol. The summed E-state index contributed by atoms with van der Waals surface area (Å²) in [5, 5.41) is 8.18. The van der Waals surface area contributed by atoms with Crippen LogP contribution in [0.2, 0.25) is 0 Å². The molecule has 2 N–H and O–H groups in total. The number of rotatable bonds is 5. The van der Waals surface area contributed by atoms with E-state index in [9.17, 15) is 4.79 Å². The lowest BCUT2D eigenvalue weighted by molar-refractivity contribution is 0.0659. The smallest absolute Gasteiger partial charge is 0.257 e. The van der Waals surface area contributed by atoms with Gasteiger partial charge in [-0.05, 0) is 31.7 Å². The zero-order valence-corrected chi connectivity index (χ0v) is 16.0. The van der Waals surface area contributed by atoms with Crippen molar-refractivity contribution in [3.05, 3.63) is 59.6 Å². The average Bonchev–Trinajstić information content (AvgIpc) is 3.34. The fourth-order valence-electron chi connectivity index (χ4n) is 3.83. The molecule has 28 heavy (non-hydrogen) atoms. The fraction of sp³-hybridized carbons (Fsp3) is 0.381. The summed E-state index contributed by atoms with van der Waals surface area (Å²) < 4.78 is 7.70. The number of aryl methyl sites for hydroxylation is 1. The van der Waals surface area contributed by atoms with Gasteiger partial charge in [-0.25, -0.2) is 0 Å². The number of aromatic nitrogens is 3. The van der Waals surface area contributed by atoms with E-state index < -0.39 is 0 Å². The minimum atomic E-state index is 0.0293. The summed E-state index contributed by atoms with van der Waals surface area (Å²) in [5.41, 5.74) is 7.95. The van der Waals surface area contributed by atoms with Gasteiger partial charge in [0.15, 0.2) is 0 Å². The minimum Gasteiger partial charge on any atom is -0.461 e. The van der Waals surface area contributed by atoms with Gasteiger partial charge in [-0.1, -0.05) is 35.5 Å². The van der Waals surface area contributed by atoms with Gasteiger partial charge >= 0.3 is 0 Å². The second-order valence-corrected chi connectivity index (χ2v) is 7.36. The Morgan fingerprint density at radius 2 is 2.14 bits per heavy atom. The molecule has 1 amide bonds. The van der Waals surface area contributed by atoms with Gasteiger partial charge < -0.3 is 15.1 Å². The predicted molar refractivity (Wildman–Crippen MR) is 105 cm³/mol. The number of piperidine rings is 1. The van der Waals surface area contributed by atoms with E-state index in [-0.39, 0.29) is 5.91 Å². The minimum absolute atomic E-state index is 0.0293. The molecule has 0 aliphatic carbocycles. The maximum absolute atomic E-state index is 13.3. The molecule has 1 unspecified atom stereocenters. The van der Waals surface area contributed by atoms with Crippen molar-refractivity contribution >= 4 is 5.91 Å². The van der Waals surface area contributed by atoms with E-state index in [1.165, 1.54) is 0 Å². The van der Waals surface area contributed by atoms with Crippen LogP contribution in [0.1, 0.15) is 34.7 Å². The van der Waals surface area contributed by atoms with Gasteiger partial charge in [-0.2, -0.15) is 0 Å². The lowest BCUT2D eigenvalue weighted by Gasteiger charge is -2.32. The molecule has 0 saturated carbocycles. The zero-order valence-electron chi connectivity index (χ0n) is 16.0. The third-order valence-electron chi connectivity index (χ3n) is 5.17. The van der Waals surface area contributed by atoms with E-state index in [0.29, 0.717) is 30.3 Å². The van der Waals surface area contributed by atoms with Crippen LogP contribution in [0.3, 0.4) is 0 Å². The number of nitrogens with two attached hydrogens (primary N) is 1. The highest BCUT2D eigenvalue weighted by Crippen LogP contribution is 2.29. The average molecular weight is 379 g/mol. The van der Waals surface area contributed by atoms with Crippen LogP contribution < -0.4 is 5.73 Å². The topological polar surface area (TPSA) is 90.2 Å². The van der Waals surface area contributed by atoms with Gasteiger partial charge in [0, 0.05) is 37.9 Å². The molecule has 1 saturated heterocycles. The third kappa shape index (κ3) is 3.84. The summed E-state index contributed by atoms with van der Waals surface area (Å²) >= 11 is 0. The van der Waals surface area contributed by atoms with Crippen LogP contribution in [0.5, 0.6) is 0 Å². The number of amides is 1. The van der Waals surface area contributed by atoms with Gasteiger partial charge in [0.05, 0.1) is 11.3 Å². The molecule has 0 bridgehead atoms. The summed E-state index contributed by atoms with van der Waals surface area (Å²) in [4.78, 5) is 15.2. The molecule has 0 spiro atoms. The number of furan rings is 1. The highest BCUT2D eigenvalue weighted by atomic mass is 16.3. The Labute approximate surface area is 164 Å².